The molecule has 2 unspecified atom stereocenters. The van der Waals surface area contributed by atoms with E-state index in [2.05, 4.69) is 21.8 Å². The molecular weight excluding hydrogens is 238 g/mol. The van der Waals surface area contributed by atoms with Crippen molar-refractivity contribution >= 4 is 17.4 Å². The second-order valence-corrected chi connectivity index (χ2v) is 4.76. The van der Waals surface area contributed by atoms with Crippen molar-refractivity contribution in [1.29, 1.82) is 0 Å². The predicted octanol–water partition coefficient (Wildman–Crippen LogP) is 2.08. The van der Waals surface area contributed by atoms with E-state index in [4.69, 9.17) is 16.3 Å². The van der Waals surface area contributed by atoms with Gasteiger partial charge in [0.2, 0.25) is 0 Å². The molecule has 1 saturated heterocycles. The van der Waals surface area contributed by atoms with Crippen molar-refractivity contribution in [2.75, 3.05) is 25.1 Å². The van der Waals surface area contributed by atoms with E-state index < -0.39 is 0 Å². The van der Waals surface area contributed by atoms with Crippen LogP contribution in [0.2, 0.25) is 0 Å². The number of nitrogens with zero attached hydrogens (tertiary/aromatic N) is 3. The van der Waals surface area contributed by atoms with Gasteiger partial charge in [0, 0.05) is 26.4 Å². The van der Waals surface area contributed by atoms with Crippen LogP contribution in [-0.4, -0.2) is 36.3 Å². The quantitative estimate of drug-likeness (QED) is 0.775. The van der Waals surface area contributed by atoms with Crippen molar-refractivity contribution < 1.29 is 4.74 Å². The van der Waals surface area contributed by atoms with Crippen LogP contribution in [-0.2, 0) is 10.6 Å². The Morgan fingerprint density at radius 3 is 3.06 bits per heavy atom. The molecule has 1 aliphatic heterocycles. The van der Waals surface area contributed by atoms with Crippen LogP contribution < -0.4 is 4.90 Å². The number of halogens is 1. The van der Waals surface area contributed by atoms with Crippen molar-refractivity contribution in [1.82, 2.24) is 9.97 Å². The summed E-state index contributed by atoms with van der Waals surface area (Å²) in [6, 6.07) is 0. The van der Waals surface area contributed by atoms with E-state index in [9.17, 15) is 0 Å². The highest BCUT2D eigenvalue weighted by Crippen LogP contribution is 2.23. The lowest BCUT2D eigenvalue weighted by Crippen LogP contribution is -2.44. The van der Waals surface area contributed by atoms with Crippen molar-refractivity contribution in [3.63, 3.8) is 0 Å². The summed E-state index contributed by atoms with van der Waals surface area (Å²) in [5, 5.41) is 0. The monoisotopic (exact) mass is 255 g/mol. The van der Waals surface area contributed by atoms with Crippen molar-refractivity contribution in [2.24, 2.45) is 5.92 Å². The minimum atomic E-state index is 0.269. The summed E-state index contributed by atoms with van der Waals surface area (Å²) in [6.45, 7) is 4.10. The van der Waals surface area contributed by atoms with Crippen LogP contribution in [0.1, 0.15) is 19.0 Å². The van der Waals surface area contributed by atoms with E-state index in [1.54, 1.807) is 19.5 Å². The van der Waals surface area contributed by atoms with E-state index in [1.165, 1.54) is 0 Å². The Bertz CT molecular complexity index is 375. The molecule has 0 N–H and O–H groups in total. The lowest BCUT2D eigenvalue weighted by atomic mass is 9.96. The average Bonchev–Trinajstić information content (AvgIpc) is 2.39. The molecule has 2 rings (SSSR count). The predicted molar refractivity (Wildman–Crippen MR) is 68.4 cm³/mol. The van der Waals surface area contributed by atoms with Crippen LogP contribution >= 0.6 is 11.6 Å². The Morgan fingerprint density at radius 1 is 1.53 bits per heavy atom. The molecule has 17 heavy (non-hydrogen) atoms. The fourth-order valence-electron chi connectivity index (χ4n) is 2.16. The fraction of sp³-hybridized carbons (Fsp3) is 0.667. The number of rotatable bonds is 3. The van der Waals surface area contributed by atoms with Crippen LogP contribution in [0.5, 0.6) is 0 Å². The second kappa shape index (κ2) is 5.65. The number of hydrogen-bond donors (Lipinski definition) is 0. The van der Waals surface area contributed by atoms with Gasteiger partial charge in [0.25, 0.3) is 0 Å². The normalized spacial score (nSPS) is 25.0. The first kappa shape index (κ1) is 12.6. The van der Waals surface area contributed by atoms with Gasteiger partial charge in [-0.05, 0) is 12.3 Å². The van der Waals surface area contributed by atoms with Gasteiger partial charge in [-0.1, -0.05) is 6.92 Å². The van der Waals surface area contributed by atoms with Gasteiger partial charge in [-0.15, -0.1) is 11.6 Å². The van der Waals surface area contributed by atoms with Crippen LogP contribution in [0.3, 0.4) is 0 Å². The number of aromatic nitrogens is 2. The summed E-state index contributed by atoms with van der Waals surface area (Å²) >= 11 is 5.77. The van der Waals surface area contributed by atoms with Gasteiger partial charge in [0.1, 0.15) is 5.82 Å². The van der Waals surface area contributed by atoms with Crippen LogP contribution in [0, 0.1) is 5.92 Å². The molecule has 4 nitrogen and oxygen atoms in total. The molecule has 5 heteroatoms. The Balaban J connectivity index is 2.11. The zero-order chi connectivity index (χ0) is 12.3. The molecule has 1 aliphatic rings. The number of ether oxygens (including phenoxy) is 1. The number of alkyl halides is 1. The molecule has 0 amide bonds. The zero-order valence-electron chi connectivity index (χ0n) is 10.3. The molecular formula is C12H18ClN3O. The molecule has 1 aromatic heterocycles. The SMILES string of the molecule is COC1CN(c2cncc(CCl)n2)CCC1C. The van der Waals surface area contributed by atoms with Gasteiger partial charge >= 0.3 is 0 Å². The third kappa shape index (κ3) is 2.87. The maximum atomic E-state index is 5.77. The van der Waals surface area contributed by atoms with Crippen LogP contribution in [0.25, 0.3) is 0 Å². The van der Waals surface area contributed by atoms with E-state index in [0.29, 0.717) is 11.8 Å². The third-order valence-corrected chi connectivity index (χ3v) is 3.60. The highest BCUT2D eigenvalue weighted by Gasteiger charge is 2.26. The maximum absolute atomic E-state index is 5.77. The van der Waals surface area contributed by atoms with Gasteiger partial charge in [-0.3, -0.25) is 4.98 Å². The largest absolute Gasteiger partial charge is 0.379 e. The van der Waals surface area contributed by atoms with Crippen molar-refractivity contribution in [3.05, 3.63) is 18.1 Å². The van der Waals surface area contributed by atoms with E-state index in [0.717, 1.165) is 31.0 Å². The first-order valence-corrected chi connectivity index (χ1v) is 6.42. The van der Waals surface area contributed by atoms with Gasteiger partial charge in [0.05, 0.1) is 23.9 Å². The summed E-state index contributed by atoms with van der Waals surface area (Å²) in [5.41, 5.74) is 0.816. The number of hydrogen-bond acceptors (Lipinski definition) is 4. The van der Waals surface area contributed by atoms with E-state index in [-0.39, 0.29) is 6.10 Å². The Morgan fingerprint density at radius 2 is 2.35 bits per heavy atom. The molecule has 0 saturated carbocycles. The number of methoxy groups -OCH3 is 1. The summed E-state index contributed by atoms with van der Waals surface area (Å²) in [7, 11) is 1.77. The molecule has 0 spiro atoms. The first-order valence-electron chi connectivity index (χ1n) is 5.89. The number of anilines is 1. The summed E-state index contributed by atoms with van der Waals surface area (Å²) in [6.07, 6.45) is 4.88. The highest BCUT2D eigenvalue weighted by molar-refractivity contribution is 6.16. The third-order valence-electron chi connectivity index (χ3n) is 3.32. The van der Waals surface area contributed by atoms with E-state index in [1.807, 2.05) is 0 Å². The van der Waals surface area contributed by atoms with Crippen molar-refractivity contribution in [2.45, 2.75) is 25.3 Å². The van der Waals surface area contributed by atoms with Gasteiger partial charge in [-0.25, -0.2) is 4.98 Å². The highest BCUT2D eigenvalue weighted by atomic mass is 35.5. The Hall–Kier alpha value is -0.870. The average molecular weight is 256 g/mol. The zero-order valence-corrected chi connectivity index (χ0v) is 11.0. The minimum Gasteiger partial charge on any atom is -0.379 e. The molecule has 1 aromatic rings. The molecule has 1 fully saturated rings. The van der Waals surface area contributed by atoms with Crippen molar-refractivity contribution in [3.8, 4) is 0 Å². The van der Waals surface area contributed by atoms with Crippen LogP contribution in [0.4, 0.5) is 5.82 Å². The molecule has 94 valence electrons. The minimum absolute atomic E-state index is 0.269. The second-order valence-electron chi connectivity index (χ2n) is 4.49. The van der Waals surface area contributed by atoms with Crippen LogP contribution in [0.15, 0.2) is 12.4 Å². The molecule has 2 heterocycles. The Labute approximate surface area is 107 Å². The summed E-state index contributed by atoms with van der Waals surface area (Å²) < 4.78 is 5.50. The molecule has 0 bridgehead atoms. The lowest BCUT2D eigenvalue weighted by molar-refractivity contribution is 0.0496. The topological polar surface area (TPSA) is 38.2 Å². The molecule has 2 atom stereocenters. The smallest absolute Gasteiger partial charge is 0.147 e. The maximum Gasteiger partial charge on any atom is 0.147 e. The molecule has 0 aromatic carbocycles. The van der Waals surface area contributed by atoms with Gasteiger partial charge < -0.3 is 9.64 Å². The van der Waals surface area contributed by atoms with E-state index >= 15 is 0 Å². The summed E-state index contributed by atoms with van der Waals surface area (Å²) in [5.74, 6) is 1.90. The number of piperidine rings is 1. The fourth-order valence-corrected chi connectivity index (χ4v) is 2.29. The molecule has 0 radical (unpaired) electrons. The van der Waals surface area contributed by atoms with Gasteiger partial charge in [-0.2, -0.15) is 0 Å². The first-order chi connectivity index (χ1) is 8.24. The molecule has 0 aliphatic carbocycles. The van der Waals surface area contributed by atoms with Gasteiger partial charge in [0.15, 0.2) is 0 Å². The standard InChI is InChI=1S/C12H18ClN3O/c1-9-3-4-16(8-11(9)17-2)12-7-14-6-10(5-13)15-12/h6-7,9,11H,3-5,8H2,1-2H3. The summed E-state index contributed by atoms with van der Waals surface area (Å²) in [4.78, 5) is 10.9. The lowest BCUT2D eigenvalue weighted by Gasteiger charge is -2.36. The Kier molecular flexibility index (Phi) is 4.18.